The van der Waals surface area contributed by atoms with E-state index in [0.29, 0.717) is 12.1 Å². The molecule has 1 aromatic heterocycles. The van der Waals surface area contributed by atoms with Gasteiger partial charge in [0.05, 0.1) is 17.8 Å². The minimum Gasteiger partial charge on any atom is -0.478 e. The van der Waals surface area contributed by atoms with E-state index in [2.05, 4.69) is 25.8 Å². The number of aromatic carboxylic acids is 1. The lowest BCUT2D eigenvalue weighted by atomic mass is 9.96. The van der Waals surface area contributed by atoms with Gasteiger partial charge in [0.25, 0.3) is 0 Å². The van der Waals surface area contributed by atoms with E-state index in [9.17, 15) is 9.90 Å². The van der Waals surface area contributed by atoms with Gasteiger partial charge in [-0.2, -0.15) is 0 Å². The highest BCUT2D eigenvalue weighted by molar-refractivity contribution is 9.10. The second-order valence-electron chi connectivity index (χ2n) is 5.10. The molecule has 2 heterocycles. The Labute approximate surface area is 131 Å². The highest BCUT2D eigenvalue weighted by Gasteiger charge is 2.22. The number of pyridine rings is 1. The van der Waals surface area contributed by atoms with Gasteiger partial charge >= 0.3 is 5.97 Å². The van der Waals surface area contributed by atoms with E-state index in [1.807, 2.05) is 24.3 Å². The highest BCUT2D eigenvalue weighted by atomic mass is 79.9. The van der Waals surface area contributed by atoms with E-state index in [4.69, 9.17) is 0 Å². The number of halogens is 1. The SMILES string of the molecule is O=C(O)c1cccc2c1CCCN2Cc1ccc(Br)cn1. The van der Waals surface area contributed by atoms with Crippen molar-refractivity contribution in [1.29, 1.82) is 0 Å². The average molecular weight is 347 g/mol. The first kappa shape index (κ1) is 14.1. The summed E-state index contributed by atoms with van der Waals surface area (Å²) >= 11 is 3.38. The number of hydrogen-bond donors (Lipinski definition) is 1. The van der Waals surface area contributed by atoms with Crippen LogP contribution in [0.2, 0.25) is 0 Å². The summed E-state index contributed by atoms with van der Waals surface area (Å²) in [5.74, 6) is -0.851. The summed E-state index contributed by atoms with van der Waals surface area (Å²) in [6.07, 6.45) is 3.57. The molecule has 0 spiro atoms. The van der Waals surface area contributed by atoms with Gasteiger partial charge in [-0.1, -0.05) is 6.07 Å². The minimum absolute atomic E-state index is 0.418. The van der Waals surface area contributed by atoms with Crippen molar-refractivity contribution in [3.8, 4) is 0 Å². The third kappa shape index (κ3) is 2.93. The Hall–Kier alpha value is -1.88. The predicted molar refractivity (Wildman–Crippen MR) is 84.7 cm³/mol. The molecule has 2 aromatic rings. The zero-order chi connectivity index (χ0) is 14.8. The Kier molecular flexibility index (Phi) is 3.92. The van der Waals surface area contributed by atoms with Crippen molar-refractivity contribution in [3.05, 3.63) is 57.8 Å². The highest BCUT2D eigenvalue weighted by Crippen LogP contribution is 2.31. The average Bonchev–Trinajstić information content (AvgIpc) is 2.49. The van der Waals surface area contributed by atoms with Gasteiger partial charge < -0.3 is 10.0 Å². The van der Waals surface area contributed by atoms with Crippen LogP contribution in [-0.4, -0.2) is 22.6 Å². The summed E-state index contributed by atoms with van der Waals surface area (Å²) < 4.78 is 0.957. The monoisotopic (exact) mass is 346 g/mol. The molecule has 0 saturated carbocycles. The number of nitrogens with zero attached hydrogens (tertiary/aromatic N) is 2. The van der Waals surface area contributed by atoms with Gasteiger partial charge in [0, 0.05) is 22.9 Å². The van der Waals surface area contributed by atoms with Crippen molar-refractivity contribution >= 4 is 27.6 Å². The summed E-state index contributed by atoms with van der Waals surface area (Å²) in [5, 5.41) is 9.31. The number of rotatable bonds is 3. The number of aromatic nitrogens is 1. The zero-order valence-corrected chi connectivity index (χ0v) is 13.0. The van der Waals surface area contributed by atoms with E-state index < -0.39 is 5.97 Å². The molecule has 5 heteroatoms. The molecule has 0 aliphatic carbocycles. The molecule has 0 unspecified atom stereocenters. The summed E-state index contributed by atoms with van der Waals surface area (Å²) in [5.41, 5.74) is 3.35. The molecule has 0 atom stereocenters. The smallest absolute Gasteiger partial charge is 0.336 e. The lowest BCUT2D eigenvalue weighted by Crippen LogP contribution is -2.30. The van der Waals surface area contributed by atoms with Crippen LogP contribution in [0.15, 0.2) is 41.0 Å². The Balaban J connectivity index is 1.92. The summed E-state index contributed by atoms with van der Waals surface area (Å²) in [4.78, 5) is 17.9. The molecule has 21 heavy (non-hydrogen) atoms. The number of hydrogen-bond acceptors (Lipinski definition) is 3. The molecule has 1 aromatic carbocycles. The van der Waals surface area contributed by atoms with E-state index in [1.54, 1.807) is 12.3 Å². The fourth-order valence-corrected chi connectivity index (χ4v) is 3.00. The summed E-state index contributed by atoms with van der Waals surface area (Å²) in [7, 11) is 0. The van der Waals surface area contributed by atoms with Gasteiger partial charge in [-0.05, 0) is 58.6 Å². The van der Waals surface area contributed by atoms with Gasteiger partial charge in [-0.15, -0.1) is 0 Å². The number of carbonyl (C=O) groups is 1. The normalized spacial score (nSPS) is 13.9. The fourth-order valence-electron chi connectivity index (χ4n) is 2.76. The van der Waals surface area contributed by atoms with Gasteiger partial charge in [-0.25, -0.2) is 4.79 Å². The number of fused-ring (bicyclic) bond motifs is 1. The van der Waals surface area contributed by atoms with Crippen LogP contribution in [0.4, 0.5) is 5.69 Å². The first-order chi connectivity index (χ1) is 10.1. The van der Waals surface area contributed by atoms with Crippen LogP contribution in [0.1, 0.15) is 28.0 Å². The second-order valence-corrected chi connectivity index (χ2v) is 6.02. The van der Waals surface area contributed by atoms with E-state index in [1.165, 1.54) is 0 Å². The van der Waals surface area contributed by atoms with E-state index in [0.717, 1.165) is 40.8 Å². The third-order valence-corrected chi connectivity index (χ3v) is 4.19. The van der Waals surface area contributed by atoms with Crippen LogP contribution in [0.5, 0.6) is 0 Å². The first-order valence-electron chi connectivity index (χ1n) is 6.86. The van der Waals surface area contributed by atoms with Crippen LogP contribution in [0.3, 0.4) is 0 Å². The maximum atomic E-state index is 11.3. The maximum absolute atomic E-state index is 11.3. The Morgan fingerprint density at radius 1 is 1.33 bits per heavy atom. The van der Waals surface area contributed by atoms with Gasteiger partial charge in [-0.3, -0.25) is 4.98 Å². The van der Waals surface area contributed by atoms with Crippen molar-refractivity contribution in [2.75, 3.05) is 11.4 Å². The van der Waals surface area contributed by atoms with Gasteiger partial charge in [0.15, 0.2) is 0 Å². The molecule has 0 amide bonds. The van der Waals surface area contributed by atoms with Crippen LogP contribution in [0, 0.1) is 0 Å². The Bertz CT molecular complexity index is 670. The molecule has 4 nitrogen and oxygen atoms in total. The van der Waals surface area contributed by atoms with Crippen LogP contribution in [0.25, 0.3) is 0 Å². The fraction of sp³-hybridized carbons (Fsp3) is 0.250. The second kappa shape index (κ2) is 5.85. The van der Waals surface area contributed by atoms with Gasteiger partial charge in [0.2, 0.25) is 0 Å². The number of benzene rings is 1. The zero-order valence-electron chi connectivity index (χ0n) is 11.4. The third-order valence-electron chi connectivity index (χ3n) is 3.72. The van der Waals surface area contributed by atoms with Crippen molar-refractivity contribution in [1.82, 2.24) is 4.98 Å². The Morgan fingerprint density at radius 2 is 2.19 bits per heavy atom. The molecule has 1 aliphatic rings. The molecular formula is C16H15BrN2O2. The van der Waals surface area contributed by atoms with Crippen molar-refractivity contribution in [2.24, 2.45) is 0 Å². The van der Waals surface area contributed by atoms with Crippen molar-refractivity contribution < 1.29 is 9.90 Å². The molecule has 0 fully saturated rings. The standard InChI is InChI=1S/C16H15BrN2O2/c17-11-6-7-12(18-9-11)10-19-8-2-4-13-14(16(20)21)3-1-5-15(13)19/h1,3,5-7,9H,2,4,8,10H2,(H,20,21). The minimum atomic E-state index is -0.851. The Morgan fingerprint density at radius 3 is 2.90 bits per heavy atom. The van der Waals surface area contributed by atoms with E-state index in [-0.39, 0.29) is 0 Å². The van der Waals surface area contributed by atoms with Crippen LogP contribution in [-0.2, 0) is 13.0 Å². The quantitative estimate of drug-likeness (QED) is 0.924. The number of carboxylic acids is 1. The molecule has 0 radical (unpaired) electrons. The number of carboxylic acid groups (broad SMARTS) is 1. The maximum Gasteiger partial charge on any atom is 0.336 e. The van der Waals surface area contributed by atoms with Crippen LogP contribution >= 0.6 is 15.9 Å². The summed E-state index contributed by atoms with van der Waals surface area (Å²) in [6, 6.07) is 9.46. The van der Waals surface area contributed by atoms with Crippen LogP contribution < -0.4 is 4.90 Å². The van der Waals surface area contributed by atoms with E-state index >= 15 is 0 Å². The largest absolute Gasteiger partial charge is 0.478 e. The lowest BCUT2D eigenvalue weighted by Gasteiger charge is -2.31. The molecule has 108 valence electrons. The van der Waals surface area contributed by atoms with Crippen molar-refractivity contribution in [2.45, 2.75) is 19.4 Å². The summed E-state index contributed by atoms with van der Waals surface area (Å²) in [6.45, 7) is 1.62. The molecule has 1 aliphatic heterocycles. The topological polar surface area (TPSA) is 53.4 Å². The molecule has 0 bridgehead atoms. The molecule has 3 rings (SSSR count). The van der Waals surface area contributed by atoms with Crippen molar-refractivity contribution in [3.63, 3.8) is 0 Å². The lowest BCUT2D eigenvalue weighted by molar-refractivity contribution is 0.0695. The first-order valence-corrected chi connectivity index (χ1v) is 7.65. The van der Waals surface area contributed by atoms with Gasteiger partial charge in [0.1, 0.15) is 0 Å². The molecule has 0 saturated heterocycles. The number of anilines is 1. The molecule has 1 N–H and O–H groups in total. The molecular weight excluding hydrogens is 332 g/mol. The predicted octanol–water partition coefficient (Wildman–Crippen LogP) is 3.50.